The Morgan fingerprint density at radius 1 is 1.12 bits per heavy atom. The van der Waals surface area contributed by atoms with Gasteiger partial charge in [0.2, 0.25) is 5.28 Å². The molecule has 0 aliphatic rings. The van der Waals surface area contributed by atoms with Crippen molar-refractivity contribution in [1.82, 2.24) is 9.97 Å². The SMILES string of the molecule is C=CCN(CC=C)c1nc(Cl)nc2scc(-c3ccc(F)cc3)c12. The average molecular weight is 360 g/mol. The normalized spacial score (nSPS) is 10.8. The van der Waals surface area contributed by atoms with E-state index in [-0.39, 0.29) is 11.1 Å². The summed E-state index contributed by atoms with van der Waals surface area (Å²) in [7, 11) is 0. The Bertz CT molecular complexity index is 879. The van der Waals surface area contributed by atoms with Crippen molar-refractivity contribution in [2.75, 3.05) is 18.0 Å². The van der Waals surface area contributed by atoms with Gasteiger partial charge in [-0.15, -0.1) is 24.5 Å². The number of anilines is 1. The minimum Gasteiger partial charge on any atom is -0.348 e. The predicted octanol–water partition coefficient (Wildman–Crippen LogP) is 5.33. The summed E-state index contributed by atoms with van der Waals surface area (Å²) in [5.74, 6) is 0.461. The minimum absolute atomic E-state index is 0.197. The monoisotopic (exact) mass is 359 g/mol. The molecule has 0 saturated heterocycles. The van der Waals surface area contributed by atoms with Gasteiger partial charge in [0.1, 0.15) is 16.5 Å². The molecular formula is C18H15ClFN3S. The third kappa shape index (κ3) is 3.18. The first-order chi connectivity index (χ1) is 11.6. The lowest BCUT2D eigenvalue weighted by molar-refractivity contribution is 0.628. The number of fused-ring (bicyclic) bond motifs is 1. The Morgan fingerprint density at radius 2 is 1.79 bits per heavy atom. The van der Waals surface area contributed by atoms with Crippen LogP contribution in [0.4, 0.5) is 10.2 Å². The predicted molar refractivity (Wildman–Crippen MR) is 100 cm³/mol. The number of benzene rings is 1. The van der Waals surface area contributed by atoms with E-state index < -0.39 is 0 Å². The van der Waals surface area contributed by atoms with Crippen LogP contribution in [-0.2, 0) is 0 Å². The van der Waals surface area contributed by atoms with Crippen LogP contribution in [0.1, 0.15) is 0 Å². The second-order valence-corrected chi connectivity index (χ2v) is 6.33. The number of hydrogen-bond donors (Lipinski definition) is 0. The molecule has 0 aliphatic carbocycles. The van der Waals surface area contributed by atoms with Crippen LogP contribution in [0.3, 0.4) is 0 Å². The van der Waals surface area contributed by atoms with Gasteiger partial charge in [-0.3, -0.25) is 0 Å². The van der Waals surface area contributed by atoms with Crippen molar-refractivity contribution in [1.29, 1.82) is 0 Å². The molecule has 2 heterocycles. The van der Waals surface area contributed by atoms with Crippen molar-refractivity contribution in [2.45, 2.75) is 0 Å². The van der Waals surface area contributed by atoms with Gasteiger partial charge in [-0.2, -0.15) is 4.98 Å². The molecule has 2 aromatic heterocycles. The molecule has 0 fully saturated rings. The molecule has 24 heavy (non-hydrogen) atoms. The molecule has 0 saturated carbocycles. The number of aromatic nitrogens is 2. The zero-order valence-corrected chi connectivity index (χ0v) is 14.4. The maximum Gasteiger partial charge on any atom is 0.225 e. The molecule has 3 rings (SSSR count). The fraction of sp³-hybridized carbons (Fsp3) is 0.111. The number of thiophene rings is 1. The van der Waals surface area contributed by atoms with Crippen molar-refractivity contribution >= 4 is 39.0 Å². The average Bonchev–Trinajstić information content (AvgIpc) is 2.98. The van der Waals surface area contributed by atoms with E-state index in [1.54, 1.807) is 24.3 Å². The largest absolute Gasteiger partial charge is 0.348 e. The van der Waals surface area contributed by atoms with E-state index in [0.717, 1.165) is 27.2 Å². The lowest BCUT2D eigenvalue weighted by Gasteiger charge is -2.21. The number of halogens is 2. The second kappa shape index (κ2) is 7.11. The highest BCUT2D eigenvalue weighted by Crippen LogP contribution is 2.38. The van der Waals surface area contributed by atoms with Crippen LogP contribution >= 0.6 is 22.9 Å². The molecule has 3 aromatic rings. The van der Waals surface area contributed by atoms with Gasteiger partial charge in [-0.1, -0.05) is 24.3 Å². The molecule has 122 valence electrons. The topological polar surface area (TPSA) is 29.0 Å². The van der Waals surface area contributed by atoms with Gasteiger partial charge < -0.3 is 4.90 Å². The first-order valence-electron chi connectivity index (χ1n) is 7.31. The number of nitrogens with zero attached hydrogens (tertiary/aromatic N) is 3. The van der Waals surface area contributed by atoms with E-state index >= 15 is 0 Å². The Kier molecular flexibility index (Phi) is 4.92. The van der Waals surface area contributed by atoms with Gasteiger partial charge in [0.15, 0.2) is 0 Å². The fourth-order valence-corrected chi connectivity index (χ4v) is 3.68. The molecular weight excluding hydrogens is 345 g/mol. The van der Waals surface area contributed by atoms with Crippen molar-refractivity contribution < 1.29 is 4.39 Å². The molecule has 0 atom stereocenters. The molecule has 3 nitrogen and oxygen atoms in total. The highest BCUT2D eigenvalue weighted by molar-refractivity contribution is 7.17. The van der Waals surface area contributed by atoms with Crippen LogP contribution in [-0.4, -0.2) is 23.1 Å². The van der Waals surface area contributed by atoms with Gasteiger partial charge in [0, 0.05) is 24.0 Å². The van der Waals surface area contributed by atoms with Crippen LogP contribution in [0.5, 0.6) is 0 Å². The quantitative estimate of drug-likeness (QED) is 0.440. The van der Waals surface area contributed by atoms with Crippen molar-refractivity contribution in [3.05, 3.63) is 66.1 Å². The zero-order valence-electron chi connectivity index (χ0n) is 12.9. The highest BCUT2D eigenvalue weighted by Gasteiger charge is 2.18. The summed E-state index contributed by atoms with van der Waals surface area (Å²) >= 11 is 7.59. The second-order valence-electron chi connectivity index (χ2n) is 5.14. The first kappa shape index (κ1) is 16.6. The van der Waals surface area contributed by atoms with E-state index in [4.69, 9.17) is 11.6 Å². The van der Waals surface area contributed by atoms with Gasteiger partial charge >= 0.3 is 0 Å². The van der Waals surface area contributed by atoms with Gasteiger partial charge in [0.25, 0.3) is 0 Å². The van der Waals surface area contributed by atoms with E-state index in [1.165, 1.54) is 23.5 Å². The van der Waals surface area contributed by atoms with Gasteiger partial charge in [-0.25, -0.2) is 9.37 Å². The summed E-state index contributed by atoms with van der Waals surface area (Å²) in [5.41, 5.74) is 1.87. The fourth-order valence-electron chi connectivity index (χ4n) is 2.53. The molecule has 0 amide bonds. The van der Waals surface area contributed by atoms with E-state index in [1.807, 2.05) is 10.3 Å². The van der Waals surface area contributed by atoms with Gasteiger partial charge in [0.05, 0.1) is 5.39 Å². The highest BCUT2D eigenvalue weighted by atomic mass is 35.5. The zero-order chi connectivity index (χ0) is 17.1. The first-order valence-corrected chi connectivity index (χ1v) is 8.57. The molecule has 0 aliphatic heterocycles. The van der Waals surface area contributed by atoms with Crippen molar-refractivity contribution in [2.24, 2.45) is 0 Å². The third-order valence-corrected chi connectivity index (χ3v) is 4.58. The molecule has 0 bridgehead atoms. The van der Waals surface area contributed by atoms with E-state index in [0.29, 0.717) is 13.1 Å². The van der Waals surface area contributed by atoms with Crippen molar-refractivity contribution in [3.8, 4) is 11.1 Å². The summed E-state index contributed by atoms with van der Waals surface area (Å²) in [6, 6.07) is 6.39. The number of rotatable bonds is 6. The van der Waals surface area contributed by atoms with Crippen LogP contribution in [0.15, 0.2) is 55.0 Å². The van der Waals surface area contributed by atoms with Crippen LogP contribution in [0, 0.1) is 5.82 Å². The van der Waals surface area contributed by atoms with Crippen molar-refractivity contribution in [3.63, 3.8) is 0 Å². The summed E-state index contributed by atoms with van der Waals surface area (Å²) in [6.07, 6.45) is 3.60. The Labute approximate surface area is 148 Å². The maximum atomic E-state index is 13.2. The molecule has 0 N–H and O–H groups in total. The Morgan fingerprint density at radius 3 is 2.42 bits per heavy atom. The summed E-state index contributed by atoms with van der Waals surface area (Å²) < 4.78 is 13.2. The number of hydrogen-bond acceptors (Lipinski definition) is 4. The van der Waals surface area contributed by atoms with Crippen LogP contribution < -0.4 is 4.90 Å². The summed E-state index contributed by atoms with van der Waals surface area (Å²) in [4.78, 5) is 11.6. The minimum atomic E-state index is -0.266. The Hall–Kier alpha value is -2.24. The van der Waals surface area contributed by atoms with E-state index in [9.17, 15) is 4.39 Å². The third-order valence-electron chi connectivity index (χ3n) is 3.54. The molecule has 1 aromatic carbocycles. The molecule has 0 unspecified atom stereocenters. The maximum absolute atomic E-state index is 13.2. The summed E-state index contributed by atoms with van der Waals surface area (Å²) in [6.45, 7) is 8.80. The van der Waals surface area contributed by atoms with E-state index in [2.05, 4.69) is 23.1 Å². The van der Waals surface area contributed by atoms with Crippen LogP contribution in [0.25, 0.3) is 21.3 Å². The molecule has 6 heteroatoms. The lowest BCUT2D eigenvalue weighted by Crippen LogP contribution is -2.24. The Balaban J connectivity index is 2.23. The lowest BCUT2D eigenvalue weighted by atomic mass is 10.1. The molecule has 0 spiro atoms. The van der Waals surface area contributed by atoms with Crippen LogP contribution in [0.2, 0.25) is 5.28 Å². The standard InChI is InChI=1S/C18H15ClFN3S/c1-3-9-23(10-4-2)16-15-14(12-5-7-13(20)8-6-12)11-24-17(15)22-18(19)21-16/h3-8,11H,1-2,9-10H2. The molecule has 0 radical (unpaired) electrons. The van der Waals surface area contributed by atoms with Gasteiger partial charge in [-0.05, 0) is 29.3 Å². The summed E-state index contributed by atoms with van der Waals surface area (Å²) in [5, 5.41) is 3.09. The smallest absolute Gasteiger partial charge is 0.225 e.